The molecule has 0 N–H and O–H groups in total. The number of amides is 1. The number of fused-ring (bicyclic) bond motifs is 1. The van der Waals surface area contributed by atoms with Crippen molar-refractivity contribution in [1.29, 1.82) is 0 Å². The topological polar surface area (TPSA) is 58.6 Å². The van der Waals surface area contributed by atoms with Crippen molar-refractivity contribution in [3.05, 3.63) is 77.5 Å². The number of hydrogen-bond acceptors (Lipinski definition) is 5. The molecule has 6 heteroatoms. The lowest BCUT2D eigenvalue weighted by Crippen LogP contribution is -2.39. The Hall–Kier alpha value is -3.41. The minimum absolute atomic E-state index is 0.117. The number of para-hydroxylation sites is 1. The average Bonchev–Trinajstić information content (AvgIpc) is 2.85. The molecule has 2 aliphatic rings. The first-order chi connectivity index (χ1) is 16.2. The first kappa shape index (κ1) is 21.4. The van der Waals surface area contributed by atoms with E-state index in [2.05, 4.69) is 11.8 Å². The Morgan fingerprint density at radius 3 is 2.39 bits per heavy atom. The first-order valence-electron chi connectivity index (χ1n) is 11.8. The number of ether oxygens (including phenoxy) is 1. The second-order valence-corrected chi connectivity index (χ2v) is 9.07. The number of nitrogens with zero attached hydrogens (tertiary/aromatic N) is 4. The summed E-state index contributed by atoms with van der Waals surface area (Å²) < 4.78 is 6.26. The van der Waals surface area contributed by atoms with Crippen molar-refractivity contribution in [2.45, 2.75) is 39.2 Å². The first-order valence-corrected chi connectivity index (χ1v) is 11.8. The molecule has 0 atom stereocenters. The van der Waals surface area contributed by atoms with Gasteiger partial charge < -0.3 is 14.5 Å². The monoisotopic (exact) mass is 442 g/mol. The van der Waals surface area contributed by atoms with Crippen LogP contribution in [0.25, 0.3) is 0 Å². The number of benzene rings is 2. The number of rotatable bonds is 5. The molecule has 3 heterocycles. The highest BCUT2D eigenvalue weighted by atomic mass is 16.5. The van der Waals surface area contributed by atoms with Gasteiger partial charge in [0.2, 0.25) is 17.7 Å². The maximum Gasteiger partial charge on any atom is 0.229 e. The molecular weight excluding hydrogens is 412 g/mol. The van der Waals surface area contributed by atoms with Crippen molar-refractivity contribution in [3.63, 3.8) is 0 Å². The molecule has 1 aromatic heterocycles. The molecule has 0 aliphatic carbocycles. The second-order valence-electron chi connectivity index (χ2n) is 9.07. The molecule has 170 valence electrons. The van der Waals surface area contributed by atoms with Crippen molar-refractivity contribution in [2.75, 3.05) is 24.5 Å². The van der Waals surface area contributed by atoms with E-state index < -0.39 is 0 Å². The van der Waals surface area contributed by atoms with Gasteiger partial charge in [-0.25, -0.2) is 4.98 Å². The van der Waals surface area contributed by atoms with E-state index in [0.29, 0.717) is 31.8 Å². The zero-order chi connectivity index (χ0) is 22.6. The van der Waals surface area contributed by atoms with E-state index in [1.807, 2.05) is 65.6 Å². The van der Waals surface area contributed by atoms with Gasteiger partial charge in [-0.05, 0) is 36.5 Å². The van der Waals surface area contributed by atoms with Crippen molar-refractivity contribution in [1.82, 2.24) is 14.9 Å². The molecule has 1 saturated heterocycles. The number of anilines is 1. The van der Waals surface area contributed by atoms with Gasteiger partial charge in [0, 0.05) is 26.1 Å². The maximum absolute atomic E-state index is 13.0. The van der Waals surface area contributed by atoms with Crippen LogP contribution in [0.5, 0.6) is 11.6 Å². The van der Waals surface area contributed by atoms with E-state index in [1.54, 1.807) is 0 Å². The zero-order valence-corrected chi connectivity index (χ0v) is 19.1. The lowest BCUT2D eigenvalue weighted by molar-refractivity contribution is -0.131. The fraction of sp³-hybridized carbons (Fsp3) is 0.370. The number of hydrogen-bond donors (Lipinski definition) is 0. The minimum atomic E-state index is 0.117. The van der Waals surface area contributed by atoms with Gasteiger partial charge in [0.1, 0.15) is 5.75 Å². The van der Waals surface area contributed by atoms with Crippen LogP contribution in [0.15, 0.2) is 60.7 Å². The largest absolute Gasteiger partial charge is 0.438 e. The Bertz CT molecular complexity index is 1100. The molecule has 6 nitrogen and oxygen atoms in total. The third-order valence-corrected chi connectivity index (χ3v) is 6.59. The number of piperidine rings is 1. The molecule has 2 aromatic carbocycles. The van der Waals surface area contributed by atoms with Crippen LogP contribution in [0.3, 0.4) is 0 Å². The fourth-order valence-electron chi connectivity index (χ4n) is 4.50. The van der Waals surface area contributed by atoms with Crippen LogP contribution in [-0.4, -0.2) is 40.4 Å². The third-order valence-electron chi connectivity index (χ3n) is 6.59. The zero-order valence-electron chi connectivity index (χ0n) is 19.1. The van der Waals surface area contributed by atoms with Crippen molar-refractivity contribution in [2.24, 2.45) is 5.92 Å². The lowest BCUT2D eigenvalue weighted by Gasteiger charge is -2.33. The second kappa shape index (κ2) is 9.61. The summed E-state index contributed by atoms with van der Waals surface area (Å²) in [7, 11) is 0. The Balaban J connectivity index is 1.42. The van der Waals surface area contributed by atoms with Crippen LogP contribution in [0.2, 0.25) is 0 Å². The van der Waals surface area contributed by atoms with E-state index in [0.717, 1.165) is 60.4 Å². The number of aromatic nitrogens is 2. The summed E-state index contributed by atoms with van der Waals surface area (Å²) >= 11 is 0. The summed E-state index contributed by atoms with van der Waals surface area (Å²) in [6.07, 6.45) is 3.41. The molecule has 1 fully saturated rings. The number of carbonyl (C=O) groups excluding carboxylic acids is 1. The Labute approximate surface area is 195 Å². The average molecular weight is 443 g/mol. The molecule has 0 saturated carbocycles. The van der Waals surface area contributed by atoms with E-state index in [-0.39, 0.29) is 5.91 Å². The number of carbonyl (C=O) groups is 1. The molecule has 0 bridgehead atoms. The van der Waals surface area contributed by atoms with Crippen LogP contribution in [0.1, 0.15) is 36.6 Å². The highest BCUT2D eigenvalue weighted by Crippen LogP contribution is 2.32. The molecule has 1 amide bonds. The predicted octanol–water partition coefficient (Wildman–Crippen LogP) is 4.63. The Morgan fingerprint density at radius 1 is 0.970 bits per heavy atom. The molecule has 0 radical (unpaired) electrons. The van der Waals surface area contributed by atoms with Gasteiger partial charge in [0.05, 0.1) is 24.2 Å². The van der Waals surface area contributed by atoms with Gasteiger partial charge in [0.25, 0.3) is 0 Å². The normalized spacial score (nSPS) is 16.4. The third kappa shape index (κ3) is 5.00. The Kier molecular flexibility index (Phi) is 6.24. The Morgan fingerprint density at radius 2 is 1.67 bits per heavy atom. The quantitative estimate of drug-likeness (QED) is 0.577. The summed E-state index contributed by atoms with van der Waals surface area (Å²) in [5.41, 5.74) is 2.94. The molecule has 33 heavy (non-hydrogen) atoms. The van der Waals surface area contributed by atoms with Crippen LogP contribution in [-0.2, 0) is 24.2 Å². The molecule has 2 aliphatic heterocycles. The molecule has 5 rings (SSSR count). The van der Waals surface area contributed by atoms with E-state index in [1.165, 1.54) is 0 Å². The summed E-state index contributed by atoms with van der Waals surface area (Å²) in [6, 6.07) is 19.6. The summed E-state index contributed by atoms with van der Waals surface area (Å²) in [5, 5.41) is 0. The fourth-order valence-corrected chi connectivity index (χ4v) is 4.50. The highest BCUT2D eigenvalue weighted by Gasteiger charge is 2.28. The molecular formula is C27H30N4O2. The smallest absolute Gasteiger partial charge is 0.229 e. The van der Waals surface area contributed by atoms with Crippen molar-refractivity contribution in [3.8, 4) is 11.6 Å². The van der Waals surface area contributed by atoms with E-state index >= 15 is 0 Å². The van der Waals surface area contributed by atoms with Gasteiger partial charge in [0.15, 0.2) is 0 Å². The van der Waals surface area contributed by atoms with Crippen LogP contribution in [0, 0.1) is 5.92 Å². The summed E-state index contributed by atoms with van der Waals surface area (Å²) in [6.45, 7) is 5.37. The van der Waals surface area contributed by atoms with Gasteiger partial charge in [-0.3, -0.25) is 4.79 Å². The summed E-state index contributed by atoms with van der Waals surface area (Å²) in [4.78, 5) is 27.0. The van der Waals surface area contributed by atoms with E-state index in [4.69, 9.17) is 14.7 Å². The van der Waals surface area contributed by atoms with Crippen LogP contribution < -0.4 is 9.64 Å². The van der Waals surface area contributed by atoms with E-state index in [9.17, 15) is 4.79 Å². The molecule has 0 unspecified atom stereocenters. The summed E-state index contributed by atoms with van der Waals surface area (Å²) in [5.74, 6) is 2.91. The van der Waals surface area contributed by atoms with Crippen molar-refractivity contribution >= 4 is 11.9 Å². The molecule has 0 spiro atoms. The maximum atomic E-state index is 13.0. The SMILES string of the molecule is CC1CCN(c2nc3c(c(Oc4ccccc4)n2)CN(C(=O)Cc2ccccc2)CC3)CC1. The lowest BCUT2D eigenvalue weighted by atomic mass is 9.99. The molecule has 3 aromatic rings. The van der Waals surface area contributed by atoms with Gasteiger partial charge >= 0.3 is 0 Å². The van der Waals surface area contributed by atoms with Crippen molar-refractivity contribution < 1.29 is 9.53 Å². The van der Waals surface area contributed by atoms with Crippen LogP contribution >= 0.6 is 0 Å². The van der Waals surface area contributed by atoms with Gasteiger partial charge in [-0.1, -0.05) is 55.5 Å². The minimum Gasteiger partial charge on any atom is -0.438 e. The standard InChI is InChI=1S/C27H30N4O2/c1-20-12-15-30(16-13-20)27-28-24-14-17-31(25(32)18-21-8-4-2-5-9-21)19-23(24)26(29-27)33-22-10-6-3-7-11-22/h2-11,20H,12-19H2,1H3. The highest BCUT2D eigenvalue weighted by molar-refractivity contribution is 5.79. The van der Waals surface area contributed by atoms with Gasteiger partial charge in [-0.15, -0.1) is 0 Å². The van der Waals surface area contributed by atoms with Gasteiger partial charge in [-0.2, -0.15) is 4.98 Å². The van der Waals surface area contributed by atoms with Crippen LogP contribution in [0.4, 0.5) is 5.95 Å². The predicted molar refractivity (Wildman–Crippen MR) is 128 cm³/mol.